The van der Waals surface area contributed by atoms with Crippen LogP contribution in [0, 0.1) is 11.2 Å². The predicted octanol–water partition coefficient (Wildman–Crippen LogP) is 6.07. The Labute approximate surface area is 147 Å². The lowest BCUT2D eigenvalue weighted by Crippen LogP contribution is -2.00. The Kier molecular flexibility index (Phi) is 6.56. The zero-order valence-electron chi connectivity index (χ0n) is 13.9. The van der Waals surface area contributed by atoms with Crippen LogP contribution in [-0.2, 0) is 6.42 Å². The molecule has 2 aromatic carbocycles. The van der Waals surface area contributed by atoms with Crippen molar-refractivity contribution >= 4 is 17.8 Å². The van der Waals surface area contributed by atoms with Gasteiger partial charge in [0.1, 0.15) is 11.6 Å². The minimum Gasteiger partial charge on any atom is -0.496 e. The fraction of sp³-hybridized carbons (Fsp3) is 0.250. The molecule has 0 saturated carbocycles. The highest BCUT2D eigenvalue weighted by Gasteiger charge is 2.16. The average Bonchev–Trinajstić information content (AvgIpc) is 2.59. The highest BCUT2D eigenvalue weighted by atomic mass is 35.5. The largest absolute Gasteiger partial charge is 0.496 e. The van der Waals surface area contributed by atoms with E-state index in [1.54, 1.807) is 36.4 Å². The van der Waals surface area contributed by atoms with Gasteiger partial charge in [-0.15, -0.1) is 0 Å². The Balaban J connectivity index is 2.49. The van der Waals surface area contributed by atoms with E-state index < -0.39 is 0 Å². The SMILES string of the molecule is CCC/C=C(\C=N)Cc1ccc(OC)c(-c2cccc(Cl)c2)c1F. The van der Waals surface area contributed by atoms with Crippen molar-refractivity contribution < 1.29 is 9.13 Å². The molecular weight excluding hydrogens is 325 g/mol. The van der Waals surface area contributed by atoms with Crippen molar-refractivity contribution in [3.8, 4) is 16.9 Å². The van der Waals surface area contributed by atoms with E-state index in [4.69, 9.17) is 21.7 Å². The molecular formula is C20H21ClFNO. The maximum Gasteiger partial charge on any atom is 0.138 e. The summed E-state index contributed by atoms with van der Waals surface area (Å²) in [4.78, 5) is 0. The monoisotopic (exact) mass is 345 g/mol. The molecule has 0 atom stereocenters. The molecule has 0 radical (unpaired) electrons. The summed E-state index contributed by atoms with van der Waals surface area (Å²) in [5.41, 5.74) is 2.42. The van der Waals surface area contributed by atoms with Crippen LogP contribution in [0.15, 0.2) is 48.0 Å². The summed E-state index contributed by atoms with van der Waals surface area (Å²) < 4.78 is 20.5. The third-order valence-electron chi connectivity index (χ3n) is 3.79. The Morgan fingerprint density at radius 1 is 1.29 bits per heavy atom. The lowest BCUT2D eigenvalue weighted by molar-refractivity contribution is 0.413. The van der Waals surface area contributed by atoms with Crippen LogP contribution in [0.5, 0.6) is 5.75 Å². The summed E-state index contributed by atoms with van der Waals surface area (Å²) in [6, 6.07) is 10.5. The number of unbranched alkanes of at least 4 members (excludes halogenated alkanes) is 1. The lowest BCUT2D eigenvalue weighted by Gasteiger charge is -2.14. The summed E-state index contributed by atoms with van der Waals surface area (Å²) in [5, 5.41) is 8.07. The van der Waals surface area contributed by atoms with Gasteiger partial charge in [0.2, 0.25) is 0 Å². The van der Waals surface area contributed by atoms with Gasteiger partial charge >= 0.3 is 0 Å². The van der Waals surface area contributed by atoms with Crippen molar-refractivity contribution in [2.24, 2.45) is 0 Å². The Morgan fingerprint density at radius 2 is 2.08 bits per heavy atom. The Bertz CT molecular complexity index is 755. The second-order valence-electron chi connectivity index (χ2n) is 5.52. The van der Waals surface area contributed by atoms with E-state index >= 15 is 4.39 Å². The van der Waals surface area contributed by atoms with Gasteiger partial charge in [-0.3, -0.25) is 0 Å². The number of rotatable bonds is 7. The highest BCUT2D eigenvalue weighted by molar-refractivity contribution is 6.30. The van der Waals surface area contributed by atoms with E-state index in [2.05, 4.69) is 6.92 Å². The third kappa shape index (κ3) is 4.24. The van der Waals surface area contributed by atoms with Crippen LogP contribution in [0.1, 0.15) is 25.3 Å². The van der Waals surface area contributed by atoms with E-state index in [1.165, 1.54) is 13.3 Å². The first kappa shape index (κ1) is 18.2. The molecule has 0 spiro atoms. The van der Waals surface area contributed by atoms with Crippen LogP contribution in [0.3, 0.4) is 0 Å². The molecule has 0 saturated heterocycles. The van der Waals surface area contributed by atoms with Gasteiger partial charge in [0.15, 0.2) is 0 Å². The molecule has 2 aromatic rings. The molecule has 1 N–H and O–H groups in total. The molecule has 0 aliphatic rings. The number of hydrogen-bond donors (Lipinski definition) is 1. The van der Waals surface area contributed by atoms with Crippen LogP contribution < -0.4 is 4.74 Å². The summed E-state index contributed by atoms with van der Waals surface area (Å²) in [7, 11) is 1.52. The van der Waals surface area contributed by atoms with Crippen molar-refractivity contribution in [3.63, 3.8) is 0 Å². The second-order valence-corrected chi connectivity index (χ2v) is 5.95. The zero-order chi connectivity index (χ0) is 17.5. The molecule has 4 heteroatoms. The first-order chi connectivity index (χ1) is 11.6. The van der Waals surface area contributed by atoms with E-state index in [-0.39, 0.29) is 5.82 Å². The van der Waals surface area contributed by atoms with Gasteiger partial charge in [0, 0.05) is 17.7 Å². The van der Waals surface area contributed by atoms with Crippen molar-refractivity contribution in [3.05, 3.63) is 64.5 Å². The Hall–Kier alpha value is -2.13. The van der Waals surface area contributed by atoms with E-state index in [9.17, 15) is 0 Å². The maximum absolute atomic E-state index is 15.1. The fourth-order valence-electron chi connectivity index (χ4n) is 2.55. The summed E-state index contributed by atoms with van der Waals surface area (Å²) in [5.74, 6) is 0.133. The first-order valence-electron chi connectivity index (χ1n) is 7.91. The van der Waals surface area contributed by atoms with Gasteiger partial charge in [-0.05, 0) is 41.3 Å². The van der Waals surface area contributed by atoms with E-state index in [1.807, 2.05) is 6.08 Å². The molecule has 0 heterocycles. The average molecular weight is 346 g/mol. The second kappa shape index (κ2) is 8.65. The molecule has 0 unspecified atom stereocenters. The molecule has 2 nitrogen and oxygen atoms in total. The molecule has 0 fully saturated rings. The Morgan fingerprint density at radius 3 is 2.71 bits per heavy atom. The standard InChI is InChI=1S/C20H21ClFNO/c1-3-4-6-14(13-23)11-16-9-10-18(24-2)19(20(16)22)15-7-5-8-17(21)12-15/h5-10,12-13,23H,3-4,11H2,1-2H3/b14-6-,23-13?. The quantitative estimate of drug-likeness (QED) is 0.606. The number of halogens is 2. The normalized spacial score (nSPS) is 11.4. The molecule has 0 aromatic heterocycles. The van der Waals surface area contributed by atoms with Crippen molar-refractivity contribution in [1.82, 2.24) is 0 Å². The number of hydrogen-bond acceptors (Lipinski definition) is 2. The van der Waals surface area contributed by atoms with Crippen LogP contribution in [0.25, 0.3) is 11.1 Å². The minimum absolute atomic E-state index is 0.333. The number of allylic oxidation sites excluding steroid dienone is 2. The third-order valence-corrected chi connectivity index (χ3v) is 4.03. The van der Waals surface area contributed by atoms with Gasteiger partial charge in [0.05, 0.1) is 12.7 Å². The van der Waals surface area contributed by atoms with E-state index in [0.717, 1.165) is 18.4 Å². The molecule has 126 valence electrons. The zero-order valence-corrected chi connectivity index (χ0v) is 14.7. The van der Waals surface area contributed by atoms with E-state index in [0.29, 0.717) is 33.9 Å². The van der Waals surface area contributed by atoms with Gasteiger partial charge in [-0.1, -0.05) is 49.2 Å². The van der Waals surface area contributed by atoms with Crippen LogP contribution in [0.2, 0.25) is 5.02 Å². The highest BCUT2D eigenvalue weighted by Crippen LogP contribution is 2.36. The number of ether oxygens (including phenoxy) is 1. The fourth-order valence-corrected chi connectivity index (χ4v) is 2.74. The topological polar surface area (TPSA) is 33.1 Å². The van der Waals surface area contributed by atoms with Gasteiger partial charge in [-0.2, -0.15) is 0 Å². The minimum atomic E-state index is -0.333. The van der Waals surface area contributed by atoms with Crippen molar-refractivity contribution in [2.45, 2.75) is 26.2 Å². The maximum atomic E-state index is 15.1. The van der Waals surface area contributed by atoms with Crippen molar-refractivity contribution in [2.75, 3.05) is 7.11 Å². The summed E-state index contributed by atoms with van der Waals surface area (Å²) >= 11 is 6.04. The predicted molar refractivity (Wildman–Crippen MR) is 98.9 cm³/mol. The molecule has 0 bridgehead atoms. The van der Waals surface area contributed by atoms with Gasteiger partial charge in [0.25, 0.3) is 0 Å². The number of methoxy groups -OCH3 is 1. The van der Waals surface area contributed by atoms with Gasteiger partial charge < -0.3 is 10.1 Å². The van der Waals surface area contributed by atoms with Gasteiger partial charge in [-0.25, -0.2) is 4.39 Å². The first-order valence-corrected chi connectivity index (χ1v) is 8.29. The molecule has 2 rings (SSSR count). The van der Waals surface area contributed by atoms with Crippen LogP contribution >= 0.6 is 11.6 Å². The summed E-state index contributed by atoms with van der Waals surface area (Å²) in [6.45, 7) is 2.07. The number of benzene rings is 2. The smallest absolute Gasteiger partial charge is 0.138 e. The van der Waals surface area contributed by atoms with Crippen LogP contribution in [-0.4, -0.2) is 13.3 Å². The van der Waals surface area contributed by atoms with Crippen LogP contribution in [0.4, 0.5) is 4.39 Å². The molecule has 0 aliphatic carbocycles. The molecule has 0 aliphatic heterocycles. The molecule has 0 amide bonds. The number of nitrogens with one attached hydrogen (secondary N) is 1. The lowest BCUT2D eigenvalue weighted by atomic mass is 9.97. The summed E-state index contributed by atoms with van der Waals surface area (Å²) in [6.07, 6.45) is 5.53. The molecule has 24 heavy (non-hydrogen) atoms. The van der Waals surface area contributed by atoms with Crippen molar-refractivity contribution in [1.29, 1.82) is 5.41 Å².